The molecule has 0 fully saturated rings. The molecule has 1 aliphatic carbocycles. The van der Waals surface area contributed by atoms with Crippen LogP contribution in [0.15, 0.2) is 47.6 Å². The quantitative estimate of drug-likeness (QED) is 0.510. The summed E-state index contributed by atoms with van der Waals surface area (Å²) < 4.78 is 13.7. The van der Waals surface area contributed by atoms with Gasteiger partial charge in [-0.2, -0.15) is 0 Å². The molecule has 1 aliphatic rings. The number of rotatable bonds is 4. The summed E-state index contributed by atoms with van der Waals surface area (Å²) in [6, 6.07) is 12.2. The topological polar surface area (TPSA) is 89.2 Å². The van der Waals surface area contributed by atoms with Crippen molar-refractivity contribution in [2.45, 2.75) is 31.0 Å². The lowest BCUT2D eigenvalue weighted by atomic mass is 9.84. The van der Waals surface area contributed by atoms with Gasteiger partial charge in [0.25, 0.3) is 0 Å². The van der Waals surface area contributed by atoms with Gasteiger partial charge in [-0.1, -0.05) is 35.4 Å². The average molecular weight is 327 g/mol. The highest BCUT2D eigenvalue weighted by atomic mass is 19.1. The van der Waals surface area contributed by atoms with Crippen LogP contribution in [-0.4, -0.2) is 22.9 Å². The third-order valence-corrected chi connectivity index (χ3v) is 4.52. The van der Waals surface area contributed by atoms with Gasteiger partial charge in [0.05, 0.1) is 18.8 Å². The molecular weight excluding hydrogens is 309 g/mol. The first-order valence-corrected chi connectivity index (χ1v) is 7.83. The van der Waals surface area contributed by atoms with Crippen molar-refractivity contribution < 1.29 is 14.6 Å². The fourth-order valence-corrected chi connectivity index (χ4v) is 3.41. The zero-order valence-electron chi connectivity index (χ0n) is 13.0. The van der Waals surface area contributed by atoms with Crippen LogP contribution in [-0.2, 0) is 6.42 Å². The molecule has 0 aromatic heterocycles. The van der Waals surface area contributed by atoms with Crippen molar-refractivity contribution in [1.29, 1.82) is 0 Å². The van der Waals surface area contributed by atoms with Crippen LogP contribution in [0, 0.1) is 5.82 Å². The van der Waals surface area contributed by atoms with Crippen LogP contribution in [0.5, 0.6) is 0 Å². The number of azide groups is 1. The van der Waals surface area contributed by atoms with Gasteiger partial charge in [-0.25, -0.2) is 4.39 Å². The minimum absolute atomic E-state index is 0.0576. The summed E-state index contributed by atoms with van der Waals surface area (Å²) in [4.78, 5) is 2.65. The Morgan fingerprint density at radius 1 is 1.21 bits per heavy atom. The van der Waals surface area contributed by atoms with Crippen molar-refractivity contribution in [3.8, 4) is 0 Å². The van der Waals surface area contributed by atoms with Crippen LogP contribution in [0.4, 0.5) is 4.39 Å². The molecule has 0 spiro atoms. The summed E-state index contributed by atoms with van der Waals surface area (Å²) in [5.41, 5.74) is 11.8. The molecular formula is C18H18FN3O2. The number of hydrogen-bond donors (Lipinski definition) is 2. The first-order chi connectivity index (χ1) is 11.6. The molecule has 0 radical (unpaired) electrons. The molecule has 0 heterocycles. The fraction of sp³-hybridized carbons (Fsp3) is 0.333. The number of halogens is 1. The van der Waals surface area contributed by atoms with Gasteiger partial charge in [0, 0.05) is 10.8 Å². The van der Waals surface area contributed by atoms with Gasteiger partial charge in [-0.05, 0) is 52.8 Å². The van der Waals surface area contributed by atoms with Crippen molar-refractivity contribution in [2.24, 2.45) is 5.11 Å². The molecule has 0 saturated carbocycles. The average Bonchev–Trinajstić information content (AvgIpc) is 2.69. The minimum Gasteiger partial charge on any atom is -0.393 e. The number of benzene rings is 2. The maximum absolute atomic E-state index is 13.7. The lowest BCUT2D eigenvalue weighted by molar-refractivity contribution is 0.0969. The Hall–Kier alpha value is -2.40. The summed E-state index contributed by atoms with van der Waals surface area (Å²) in [6.07, 6.45) is -0.970. The van der Waals surface area contributed by atoms with Gasteiger partial charge in [0.1, 0.15) is 5.82 Å². The predicted octanol–water partition coefficient (Wildman–Crippen LogP) is 3.61. The Bertz CT molecular complexity index is 790. The lowest BCUT2D eigenvalue weighted by Crippen LogP contribution is -2.20. The Morgan fingerprint density at radius 2 is 1.96 bits per heavy atom. The standard InChI is InChI=1S/C18H18FN3O2/c19-13-6-5-12-7-11-3-1-2-4-15(11)17(18(24)16(12)8-13)9-14(23)10-21-22-20/h1-6,8,14,17-18,23-24H,7,9-10H2/t14-,17-,18+/m1/s1. The van der Waals surface area contributed by atoms with Crippen LogP contribution >= 0.6 is 0 Å². The van der Waals surface area contributed by atoms with Gasteiger partial charge >= 0.3 is 0 Å². The van der Waals surface area contributed by atoms with Crippen molar-refractivity contribution in [3.05, 3.63) is 81.0 Å². The number of fused-ring (bicyclic) bond motifs is 2. The molecule has 124 valence electrons. The van der Waals surface area contributed by atoms with E-state index in [2.05, 4.69) is 10.0 Å². The van der Waals surface area contributed by atoms with E-state index in [-0.39, 0.29) is 13.0 Å². The molecule has 0 bridgehead atoms. The van der Waals surface area contributed by atoms with E-state index in [0.29, 0.717) is 12.0 Å². The number of nitrogens with zero attached hydrogens (tertiary/aromatic N) is 3. The van der Waals surface area contributed by atoms with Crippen molar-refractivity contribution in [2.75, 3.05) is 6.54 Å². The molecule has 6 heteroatoms. The van der Waals surface area contributed by atoms with E-state index in [1.165, 1.54) is 12.1 Å². The monoisotopic (exact) mass is 327 g/mol. The van der Waals surface area contributed by atoms with Crippen LogP contribution in [0.1, 0.15) is 40.7 Å². The van der Waals surface area contributed by atoms with E-state index in [4.69, 9.17) is 5.53 Å². The Kier molecular flexibility index (Phi) is 4.81. The maximum Gasteiger partial charge on any atom is 0.123 e. The summed E-state index contributed by atoms with van der Waals surface area (Å²) in [7, 11) is 0. The van der Waals surface area contributed by atoms with Gasteiger partial charge in [0.2, 0.25) is 0 Å². The van der Waals surface area contributed by atoms with Crippen LogP contribution in [0.25, 0.3) is 10.4 Å². The number of aliphatic hydroxyl groups is 2. The van der Waals surface area contributed by atoms with E-state index in [0.717, 1.165) is 16.7 Å². The molecule has 2 aromatic rings. The van der Waals surface area contributed by atoms with E-state index in [9.17, 15) is 14.6 Å². The van der Waals surface area contributed by atoms with Crippen LogP contribution in [0.3, 0.4) is 0 Å². The second kappa shape index (κ2) is 7.01. The Morgan fingerprint density at radius 3 is 2.75 bits per heavy atom. The summed E-state index contributed by atoms with van der Waals surface area (Å²) in [5, 5.41) is 24.4. The van der Waals surface area contributed by atoms with E-state index in [1.807, 2.05) is 24.3 Å². The molecule has 0 saturated heterocycles. The fourth-order valence-electron chi connectivity index (χ4n) is 3.41. The normalized spacial score (nSPS) is 20.3. The second-order valence-electron chi connectivity index (χ2n) is 6.07. The van der Waals surface area contributed by atoms with Crippen molar-refractivity contribution in [3.63, 3.8) is 0 Å². The van der Waals surface area contributed by atoms with Gasteiger partial charge in [-0.15, -0.1) is 0 Å². The van der Waals surface area contributed by atoms with E-state index >= 15 is 0 Å². The summed E-state index contributed by atoms with van der Waals surface area (Å²) in [6.45, 7) is -0.0576. The maximum atomic E-state index is 13.7. The van der Waals surface area contributed by atoms with Crippen molar-refractivity contribution in [1.82, 2.24) is 0 Å². The third kappa shape index (κ3) is 3.26. The molecule has 3 atom stereocenters. The van der Waals surface area contributed by atoms with Gasteiger partial charge in [-0.3, -0.25) is 0 Å². The molecule has 0 unspecified atom stereocenters. The Balaban J connectivity index is 2.03. The highest BCUT2D eigenvalue weighted by Crippen LogP contribution is 2.41. The molecule has 5 nitrogen and oxygen atoms in total. The number of hydrogen-bond acceptors (Lipinski definition) is 3. The second-order valence-corrected chi connectivity index (χ2v) is 6.07. The summed E-state index contributed by atoms with van der Waals surface area (Å²) in [5.74, 6) is -0.791. The first-order valence-electron chi connectivity index (χ1n) is 7.83. The van der Waals surface area contributed by atoms with Crippen LogP contribution in [0.2, 0.25) is 0 Å². The molecule has 0 aliphatic heterocycles. The molecule has 0 amide bonds. The number of aliphatic hydroxyl groups excluding tert-OH is 2. The molecule has 2 aromatic carbocycles. The molecule has 24 heavy (non-hydrogen) atoms. The van der Waals surface area contributed by atoms with Crippen LogP contribution < -0.4 is 0 Å². The SMILES string of the molecule is [N-]=[N+]=NC[C@H](O)C[C@@H]1c2ccccc2Cc2ccc(F)cc2[C@@H]1O. The smallest absolute Gasteiger partial charge is 0.123 e. The zero-order chi connectivity index (χ0) is 17.1. The third-order valence-electron chi connectivity index (χ3n) is 4.52. The zero-order valence-corrected chi connectivity index (χ0v) is 13.0. The van der Waals surface area contributed by atoms with E-state index < -0.39 is 23.9 Å². The summed E-state index contributed by atoms with van der Waals surface area (Å²) >= 11 is 0. The Labute approximate surface area is 139 Å². The molecule has 2 N–H and O–H groups in total. The highest BCUT2D eigenvalue weighted by Gasteiger charge is 2.31. The van der Waals surface area contributed by atoms with Gasteiger partial charge < -0.3 is 10.2 Å². The van der Waals surface area contributed by atoms with Crippen molar-refractivity contribution >= 4 is 0 Å². The minimum atomic E-state index is -0.930. The molecule has 3 rings (SSSR count). The van der Waals surface area contributed by atoms with E-state index in [1.54, 1.807) is 6.07 Å². The highest BCUT2D eigenvalue weighted by molar-refractivity contribution is 5.44. The first kappa shape index (κ1) is 16.5. The largest absolute Gasteiger partial charge is 0.393 e. The van der Waals surface area contributed by atoms with Gasteiger partial charge in [0.15, 0.2) is 0 Å². The lowest BCUT2D eigenvalue weighted by Gasteiger charge is -2.25. The predicted molar refractivity (Wildman–Crippen MR) is 88.0 cm³/mol.